The van der Waals surface area contributed by atoms with Crippen LogP contribution < -0.4 is 20.1 Å². The zero-order valence-electron chi connectivity index (χ0n) is 14.3. The fraction of sp³-hybridized carbons (Fsp3) is 0.316. The molecule has 128 valence electrons. The van der Waals surface area contributed by atoms with Crippen LogP contribution in [0.15, 0.2) is 48.7 Å². The number of rotatable bonds is 4. The molecule has 0 bridgehead atoms. The molecule has 1 atom stereocenters. The Hall–Kier alpha value is -2.91. The molecule has 3 rings (SSSR count). The fourth-order valence-electron chi connectivity index (χ4n) is 3.16. The van der Waals surface area contributed by atoms with Gasteiger partial charge in [-0.05, 0) is 25.1 Å². The first kappa shape index (κ1) is 16.9. The van der Waals surface area contributed by atoms with Gasteiger partial charge in [0.2, 0.25) is 0 Å². The molecule has 1 aromatic carbocycles. The molecule has 2 aromatic rings. The zero-order chi connectivity index (χ0) is 17.6. The summed E-state index contributed by atoms with van der Waals surface area (Å²) < 4.78 is 0. The van der Waals surface area contributed by atoms with Crippen LogP contribution in [0.2, 0.25) is 0 Å². The molecule has 1 aromatic heterocycles. The summed E-state index contributed by atoms with van der Waals surface area (Å²) >= 11 is 0. The predicted molar refractivity (Wildman–Crippen MR) is 95.2 cm³/mol. The number of hydrogen-bond donors (Lipinski definition) is 2. The highest BCUT2D eigenvalue weighted by molar-refractivity contribution is 5.94. The Bertz CT molecular complexity index is 763. The molecule has 3 N–H and O–H groups in total. The van der Waals surface area contributed by atoms with Crippen LogP contribution in [-0.4, -0.2) is 38.1 Å². The van der Waals surface area contributed by atoms with Crippen LogP contribution in [0.5, 0.6) is 0 Å². The summed E-state index contributed by atoms with van der Waals surface area (Å²) in [4.78, 5) is 19.4. The van der Waals surface area contributed by atoms with E-state index in [1.165, 1.54) is 4.90 Å². The second-order valence-electron chi connectivity index (χ2n) is 6.26. The van der Waals surface area contributed by atoms with Crippen molar-refractivity contribution in [3.63, 3.8) is 0 Å². The molecule has 1 saturated heterocycles. The summed E-state index contributed by atoms with van der Waals surface area (Å²) in [5.74, 6) is 1.07. The van der Waals surface area contributed by atoms with Crippen molar-refractivity contribution in [2.45, 2.75) is 13.0 Å². The van der Waals surface area contributed by atoms with Crippen LogP contribution in [0.25, 0.3) is 0 Å². The Kier molecular flexibility index (Phi) is 5.26. The van der Waals surface area contributed by atoms with Crippen molar-refractivity contribution in [3.05, 3.63) is 54.2 Å². The van der Waals surface area contributed by atoms with Gasteiger partial charge in [0.1, 0.15) is 32.2 Å². The number of anilines is 2. The molecular formula is C19H23N5O+2. The second-order valence-corrected chi connectivity index (χ2v) is 6.26. The fourth-order valence-corrected chi connectivity index (χ4v) is 3.16. The van der Waals surface area contributed by atoms with E-state index in [-0.39, 0.29) is 11.9 Å². The van der Waals surface area contributed by atoms with Gasteiger partial charge in [-0.1, -0.05) is 18.2 Å². The Labute approximate surface area is 147 Å². The maximum Gasteiger partial charge on any atom is 0.282 e. The van der Waals surface area contributed by atoms with Crippen molar-refractivity contribution in [1.82, 2.24) is 0 Å². The van der Waals surface area contributed by atoms with Gasteiger partial charge in [-0.2, -0.15) is 5.26 Å². The molecule has 25 heavy (non-hydrogen) atoms. The average Bonchev–Trinajstić information content (AvgIpc) is 2.68. The van der Waals surface area contributed by atoms with Crippen LogP contribution in [0.4, 0.5) is 11.5 Å². The van der Waals surface area contributed by atoms with Crippen LogP contribution in [-0.2, 0) is 4.79 Å². The monoisotopic (exact) mass is 337 g/mol. The number of carbonyl (C=O) groups is 1. The normalized spacial score (nSPS) is 16.1. The van der Waals surface area contributed by atoms with Crippen molar-refractivity contribution >= 4 is 17.4 Å². The van der Waals surface area contributed by atoms with Gasteiger partial charge < -0.3 is 10.2 Å². The highest BCUT2D eigenvalue weighted by atomic mass is 16.2. The molecular weight excluding hydrogens is 314 g/mol. The van der Waals surface area contributed by atoms with E-state index in [2.05, 4.69) is 27.3 Å². The Morgan fingerprint density at radius 1 is 1.24 bits per heavy atom. The number of piperazine rings is 1. The lowest BCUT2D eigenvalue weighted by Crippen LogP contribution is -3.19. The number of hydrogen-bond acceptors (Lipinski definition) is 3. The Morgan fingerprint density at radius 2 is 1.96 bits per heavy atom. The largest absolute Gasteiger partial charge is 0.320 e. The molecule has 0 unspecified atom stereocenters. The summed E-state index contributed by atoms with van der Waals surface area (Å²) in [5, 5.41) is 12.0. The summed E-state index contributed by atoms with van der Waals surface area (Å²) in [6.45, 7) is 5.56. The first-order valence-electron chi connectivity index (χ1n) is 8.55. The van der Waals surface area contributed by atoms with Gasteiger partial charge in [-0.15, -0.1) is 0 Å². The van der Waals surface area contributed by atoms with Crippen molar-refractivity contribution in [3.8, 4) is 6.07 Å². The molecule has 0 saturated carbocycles. The lowest BCUT2D eigenvalue weighted by molar-refractivity contribution is -0.914. The lowest BCUT2D eigenvalue weighted by atomic mass is 10.1. The van der Waals surface area contributed by atoms with Gasteiger partial charge in [-0.25, -0.2) is 4.98 Å². The Balaban J connectivity index is 1.58. The van der Waals surface area contributed by atoms with Crippen LogP contribution in [0, 0.1) is 11.3 Å². The number of pyridine rings is 1. The third-order valence-corrected chi connectivity index (χ3v) is 4.75. The number of quaternary nitrogens is 1. The second kappa shape index (κ2) is 7.77. The van der Waals surface area contributed by atoms with Gasteiger partial charge in [0, 0.05) is 6.07 Å². The molecule has 1 aliphatic rings. The van der Waals surface area contributed by atoms with E-state index < -0.39 is 0 Å². The number of carbonyl (C=O) groups excluding carboxylic acids is 1. The standard InChI is InChI=1S/C19H21N5O/c1-15(19(25)22-17-7-3-2-6-16(17)14-20)23-10-12-24(13-11-23)18-8-4-5-9-21-18/h2-9,15H,10-13H2,1H3,(H,22,25)/p+2/t15-/m0/s1. The number of aromatic amines is 1. The van der Waals surface area contributed by atoms with E-state index >= 15 is 0 Å². The zero-order valence-corrected chi connectivity index (χ0v) is 14.3. The molecule has 0 aliphatic carbocycles. The van der Waals surface area contributed by atoms with Gasteiger partial charge in [0.15, 0.2) is 6.04 Å². The van der Waals surface area contributed by atoms with Crippen LogP contribution >= 0.6 is 0 Å². The SMILES string of the molecule is C[C@@H](C(=O)Nc1ccccc1C#N)[NH+]1CCN(c2cccc[nH+]2)CC1. The van der Waals surface area contributed by atoms with Crippen LogP contribution in [0.3, 0.4) is 0 Å². The molecule has 1 amide bonds. The number of benzene rings is 1. The molecule has 2 heterocycles. The first-order valence-corrected chi connectivity index (χ1v) is 8.55. The molecule has 1 aliphatic heterocycles. The van der Waals surface area contributed by atoms with Gasteiger partial charge in [0.05, 0.1) is 17.4 Å². The van der Waals surface area contributed by atoms with Crippen molar-refractivity contribution in [2.75, 3.05) is 36.4 Å². The van der Waals surface area contributed by atoms with Crippen molar-refractivity contribution in [1.29, 1.82) is 5.26 Å². The molecule has 1 fully saturated rings. The lowest BCUT2D eigenvalue weighted by Gasteiger charge is -2.31. The Morgan fingerprint density at radius 3 is 2.64 bits per heavy atom. The predicted octanol–water partition coefficient (Wildman–Crippen LogP) is 0.104. The summed E-state index contributed by atoms with van der Waals surface area (Å²) in [5.41, 5.74) is 1.07. The number of amides is 1. The maximum atomic E-state index is 12.6. The number of nitrogens with zero attached hydrogens (tertiary/aromatic N) is 2. The number of para-hydroxylation sites is 1. The molecule has 0 radical (unpaired) electrons. The molecule has 6 heteroatoms. The van der Waals surface area contributed by atoms with Crippen molar-refractivity contribution < 1.29 is 14.7 Å². The molecule has 0 spiro atoms. The van der Waals surface area contributed by atoms with Gasteiger partial charge in [0.25, 0.3) is 11.7 Å². The van der Waals surface area contributed by atoms with E-state index in [9.17, 15) is 4.79 Å². The number of nitriles is 1. The van der Waals surface area contributed by atoms with Crippen molar-refractivity contribution in [2.24, 2.45) is 0 Å². The van der Waals surface area contributed by atoms with Gasteiger partial charge in [-0.3, -0.25) is 9.69 Å². The highest BCUT2D eigenvalue weighted by Crippen LogP contribution is 2.13. The van der Waals surface area contributed by atoms with Crippen LogP contribution in [0.1, 0.15) is 12.5 Å². The smallest absolute Gasteiger partial charge is 0.282 e. The highest BCUT2D eigenvalue weighted by Gasteiger charge is 2.32. The number of H-pyrrole nitrogens is 1. The summed E-state index contributed by atoms with van der Waals surface area (Å²) in [7, 11) is 0. The quantitative estimate of drug-likeness (QED) is 0.831. The summed E-state index contributed by atoms with van der Waals surface area (Å²) in [6.07, 6.45) is 1.93. The van der Waals surface area contributed by atoms with E-state index in [0.29, 0.717) is 11.3 Å². The topological polar surface area (TPSA) is 74.7 Å². The minimum atomic E-state index is -0.159. The average molecular weight is 337 g/mol. The summed E-state index contributed by atoms with van der Waals surface area (Å²) in [6, 6.07) is 15.1. The van der Waals surface area contributed by atoms with E-state index in [4.69, 9.17) is 5.26 Å². The van der Waals surface area contributed by atoms with E-state index in [0.717, 1.165) is 32.0 Å². The van der Waals surface area contributed by atoms with Gasteiger partial charge >= 0.3 is 0 Å². The number of aromatic nitrogens is 1. The first-order chi connectivity index (χ1) is 12.2. The minimum absolute atomic E-state index is 0.0441. The number of nitrogens with one attached hydrogen (secondary N) is 3. The molecule has 6 nitrogen and oxygen atoms in total. The minimum Gasteiger partial charge on any atom is -0.320 e. The third kappa shape index (κ3) is 3.95. The van der Waals surface area contributed by atoms with E-state index in [1.54, 1.807) is 18.2 Å². The van der Waals surface area contributed by atoms with E-state index in [1.807, 2.05) is 31.3 Å². The third-order valence-electron chi connectivity index (χ3n) is 4.75. The maximum absolute atomic E-state index is 12.6.